The molecule has 0 saturated heterocycles. The number of rotatable bonds is 4. The van der Waals surface area contributed by atoms with Crippen molar-refractivity contribution >= 4 is 49.8 Å². The number of anilines is 3. The van der Waals surface area contributed by atoms with E-state index in [4.69, 9.17) is 5.73 Å². The monoisotopic (exact) mass is 370 g/mol. The molecule has 0 radical (unpaired) electrons. The molecule has 0 aliphatic heterocycles. The Labute approximate surface area is 132 Å². The summed E-state index contributed by atoms with van der Waals surface area (Å²) in [4.78, 5) is 16.7. The summed E-state index contributed by atoms with van der Waals surface area (Å²) in [5, 5.41) is 6.54. The Kier molecular flexibility index (Phi) is 3.81. The van der Waals surface area contributed by atoms with Crippen LogP contribution in [-0.2, 0) is 0 Å². The van der Waals surface area contributed by atoms with Crippen LogP contribution < -0.4 is 16.4 Å². The van der Waals surface area contributed by atoms with Gasteiger partial charge >= 0.3 is 0 Å². The largest absolute Gasteiger partial charge is 0.382 e. The summed E-state index contributed by atoms with van der Waals surface area (Å²) < 4.78 is 13.5. The van der Waals surface area contributed by atoms with Gasteiger partial charge in [0.1, 0.15) is 16.5 Å². The number of nitrogens with one attached hydrogen (secondary N) is 2. The second kappa shape index (κ2) is 5.61. The number of thiazole rings is 1. The Balaban J connectivity index is 1.76. The van der Waals surface area contributed by atoms with Gasteiger partial charge in [0.25, 0.3) is 5.91 Å². The fourth-order valence-electron chi connectivity index (χ4n) is 1.73. The molecule has 0 bridgehead atoms. The van der Waals surface area contributed by atoms with E-state index in [1.165, 1.54) is 29.5 Å². The van der Waals surface area contributed by atoms with E-state index in [0.29, 0.717) is 26.2 Å². The smallest absolute Gasteiger partial charge is 0.269 e. The fourth-order valence-corrected chi connectivity index (χ4v) is 3.04. The maximum Gasteiger partial charge on any atom is 0.269 e. The van der Waals surface area contributed by atoms with Crippen LogP contribution in [0.15, 0.2) is 22.7 Å². The van der Waals surface area contributed by atoms with Crippen molar-refractivity contribution in [2.24, 2.45) is 0 Å². The third-order valence-corrected chi connectivity index (χ3v) is 4.60. The van der Waals surface area contributed by atoms with Gasteiger partial charge in [-0.25, -0.2) is 9.37 Å². The highest BCUT2D eigenvalue weighted by molar-refractivity contribution is 9.10. The SMILES string of the molecule is Nc1nc(NC2CC2)sc1C(=O)Nc1ccc(F)cc1Br. The Hall–Kier alpha value is -1.67. The molecule has 110 valence electrons. The molecule has 1 fully saturated rings. The molecule has 1 amide bonds. The van der Waals surface area contributed by atoms with Crippen molar-refractivity contribution in [3.8, 4) is 0 Å². The van der Waals surface area contributed by atoms with Crippen LogP contribution in [0.25, 0.3) is 0 Å². The van der Waals surface area contributed by atoms with E-state index in [-0.39, 0.29) is 17.5 Å². The molecule has 1 aromatic carbocycles. The fraction of sp³-hybridized carbons (Fsp3) is 0.231. The lowest BCUT2D eigenvalue weighted by Gasteiger charge is -2.06. The summed E-state index contributed by atoms with van der Waals surface area (Å²) in [7, 11) is 0. The van der Waals surface area contributed by atoms with Crippen LogP contribution in [0.5, 0.6) is 0 Å². The first-order chi connectivity index (χ1) is 10.0. The van der Waals surface area contributed by atoms with Gasteiger partial charge in [0.15, 0.2) is 5.13 Å². The lowest BCUT2D eigenvalue weighted by molar-refractivity contribution is 0.103. The zero-order chi connectivity index (χ0) is 15.0. The molecular weight excluding hydrogens is 359 g/mol. The van der Waals surface area contributed by atoms with Crippen LogP contribution in [0.1, 0.15) is 22.5 Å². The first-order valence-corrected chi connectivity index (χ1v) is 7.93. The standard InChI is InChI=1S/C13H12BrFN4OS/c14-8-5-6(15)1-4-9(8)18-12(20)10-11(16)19-13(21-10)17-7-2-3-7/h1,4-5,7H,2-3,16H2,(H,17,19)(H,18,20). The number of nitrogen functional groups attached to an aromatic ring is 1. The van der Waals surface area contributed by atoms with E-state index in [2.05, 4.69) is 31.5 Å². The number of aromatic nitrogens is 1. The number of amides is 1. The van der Waals surface area contributed by atoms with Crippen molar-refractivity contribution in [3.05, 3.63) is 33.4 Å². The Morgan fingerprint density at radius 1 is 1.48 bits per heavy atom. The molecule has 1 heterocycles. The number of hydrogen-bond donors (Lipinski definition) is 3. The predicted molar refractivity (Wildman–Crippen MR) is 85.2 cm³/mol. The highest BCUT2D eigenvalue weighted by atomic mass is 79.9. The van der Waals surface area contributed by atoms with Crippen LogP contribution in [0.4, 0.5) is 21.0 Å². The summed E-state index contributed by atoms with van der Waals surface area (Å²) in [6.45, 7) is 0. The summed E-state index contributed by atoms with van der Waals surface area (Å²) in [5.74, 6) is -0.548. The van der Waals surface area contributed by atoms with E-state index in [9.17, 15) is 9.18 Å². The normalized spacial score (nSPS) is 14.0. The van der Waals surface area contributed by atoms with Gasteiger partial charge in [-0.05, 0) is 47.0 Å². The first kappa shape index (κ1) is 14.3. The highest BCUT2D eigenvalue weighted by Crippen LogP contribution is 2.31. The Bertz CT molecular complexity index is 701. The minimum atomic E-state index is -0.381. The van der Waals surface area contributed by atoms with Gasteiger partial charge in [0.2, 0.25) is 0 Å². The molecular formula is C13H12BrFN4OS. The third kappa shape index (κ3) is 3.33. The van der Waals surface area contributed by atoms with Crippen molar-refractivity contribution < 1.29 is 9.18 Å². The van der Waals surface area contributed by atoms with Crippen molar-refractivity contribution in [2.75, 3.05) is 16.4 Å². The summed E-state index contributed by atoms with van der Waals surface area (Å²) >= 11 is 4.42. The Morgan fingerprint density at radius 3 is 2.90 bits per heavy atom. The van der Waals surface area contributed by atoms with Gasteiger partial charge in [-0.15, -0.1) is 0 Å². The molecule has 0 atom stereocenters. The minimum absolute atomic E-state index is 0.193. The first-order valence-electron chi connectivity index (χ1n) is 6.32. The average Bonchev–Trinajstić information content (AvgIpc) is 3.15. The van der Waals surface area contributed by atoms with Crippen molar-refractivity contribution in [3.63, 3.8) is 0 Å². The van der Waals surface area contributed by atoms with Crippen LogP contribution in [0, 0.1) is 5.82 Å². The van der Waals surface area contributed by atoms with Gasteiger partial charge < -0.3 is 16.4 Å². The van der Waals surface area contributed by atoms with Gasteiger partial charge in [-0.3, -0.25) is 4.79 Å². The van der Waals surface area contributed by atoms with Gasteiger partial charge in [-0.2, -0.15) is 0 Å². The topological polar surface area (TPSA) is 80.0 Å². The number of carbonyl (C=O) groups excluding carboxylic acids is 1. The maximum atomic E-state index is 13.0. The molecule has 1 aromatic heterocycles. The summed E-state index contributed by atoms with van der Waals surface area (Å²) in [5.41, 5.74) is 6.26. The van der Waals surface area contributed by atoms with Crippen molar-refractivity contribution in [2.45, 2.75) is 18.9 Å². The zero-order valence-electron chi connectivity index (χ0n) is 10.8. The number of carbonyl (C=O) groups is 1. The quantitative estimate of drug-likeness (QED) is 0.769. The minimum Gasteiger partial charge on any atom is -0.382 e. The summed E-state index contributed by atoms with van der Waals surface area (Å²) in [6, 6.07) is 4.48. The van der Waals surface area contributed by atoms with Crippen LogP contribution in [0.2, 0.25) is 0 Å². The second-order valence-electron chi connectivity index (χ2n) is 4.73. The highest BCUT2D eigenvalue weighted by Gasteiger charge is 2.24. The predicted octanol–water partition coefficient (Wildman–Crippen LogP) is 3.45. The number of halogens is 2. The van der Waals surface area contributed by atoms with Gasteiger partial charge in [0.05, 0.1) is 5.69 Å². The second-order valence-corrected chi connectivity index (χ2v) is 6.58. The third-order valence-electron chi connectivity index (χ3n) is 2.94. The van der Waals surface area contributed by atoms with E-state index >= 15 is 0 Å². The number of nitrogens with zero attached hydrogens (tertiary/aromatic N) is 1. The van der Waals surface area contributed by atoms with Gasteiger partial charge in [-0.1, -0.05) is 11.3 Å². The molecule has 3 rings (SSSR count). The maximum absolute atomic E-state index is 13.0. The molecule has 1 aliphatic carbocycles. The molecule has 8 heteroatoms. The molecule has 21 heavy (non-hydrogen) atoms. The lowest BCUT2D eigenvalue weighted by atomic mass is 10.3. The van der Waals surface area contributed by atoms with Crippen LogP contribution in [0.3, 0.4) is 0 Å². The zero-order valence-corrected chi connectivity index (χ0v) is 13.2. The molecule has 1 aliphatic rings. The summed E-state index contributed by atoms with van der Waals surface area (Å²) in [6.07, 6.45) is 2.23. The van der Waals surface area contributed by atoms with Crippen molar-refractivity contribution in [1.82, 2.24) is 4.98 Å². The van der Waals surface area contributed by atoms with E-state index in [1.54, 1.807) is 0 Å². The molecule has 0 spiro atoms. The van der Waals surface area contributed by atoms with E-state index < -0.39 is 0 Å². The number of nitrogens with two attached hydrogens (primary N) is 1. The molecule has 0 unspecified atom stereocenters. The van der Waals surface area contributed by atoms with E-state index in [1.807, 2.05) is 0 Å². The number of benzene rings is 1. The Morgan fingerprint density at radius 2 is 2.24 bits per heavy atom. The van der Waals surface area contributed by atoms with Crippen molar-refractivity contribution in [1.29, 1.82) is 0 Å². The van der Waals surface area contributed by atoms with Gasteiger partial charge in [0, 0.05) is 10.5 Å². The molecule has 1 saturated carbocycles. The average molecular weight is 371 g/mol. The van der Waals surface area contributed by atoms with Crippen LogP contribution >= 0.6 is 27.3 Å². The number of hydrogen-bond acceptors (Lipinski definition) is 5. The van der Waals surface area contributed by atoms with E-state index in [0.717, 1.165) is 12.8 Å². The lowest BCUT2D eigenvalue weighted by Crippen LogP contribution is -2.12. The molecule has 2 aromatic rings. The molecule has 4 N–H and O–H groups in total. The molecule has 5 nitrogen and oxygen atoms in total. The van der Waals surface area contributed by atoms with Crippen LogP contribution in [-0.4, -0.2) is 16.9 Å².